The average molecular weight is 282 g/mol. The number of carboxylic acids is 1. The third-order valence-electron chi connectivity index (χ3n) is 2.14. The number of carbonyl (C=O) groups excluding carboxylic acids is 2. The monoisotopic (exact) mass is 282 g/mol. The summed E-state index contributed by atoms with van der Waals surface area (Å²) >= 11 is 1.06. The van der Waals surface area contributed by atoms with Gasteiger partial charge in [-0.25, -0.2) is 0 Å². The summed E-state index contributed by atoms with van der Waals surface area (Å²) in [5.41, 5.74) is 5.67. The van der Waals surface area contributed by atoms with Crippen molar-refractivity contribution in [2.24, 2.45) is 5.73 Å². The molecule has 1 aromatic carbocycles. The second kappa shape index (κ2) is 7.55. The minimum Gasteiger partial charge on any atom is -0.480 e. The summed E-state index contributed by atoms with van der Waals surface area (Å²) in [5.74, 6) is -1.97. The van der Waals surface area contributed by atoms with Gasteiger partial charge in [-0.1, -0.05) is 18.2 Å². The minimum atomic E-state index is -1.12. The second-order valence-electron chi connectivity index (χ2n) is 3.70. The van der Waals surface area contributed by atoms with Crippen LogP contribution in [0.1, 0.15) is 10.4 Å². The van der Waals surface area contributed by atoms with Crippen LogP contribution in [0.4, 0.5) is 0 Å². The molecule has 0 unspecified atom stereocenters. The average Bonchev–Trinajstić information content (AvgIpc) is 2.39. The lowest BCUT2D eigenvalue weighted by molar-refractivity contribution is -0.138. The maximum absolute atomic E-state index is 11.6. The van der Waals surface area contributed by atoms with Gasteiger partial charge in [-0.05, 0) is 12.1 Å². The number of nitrogens with one attached hydrogen (secondary N) is 1. The van der Waals surface area contributed by atoms with Crippen LogP contribution < -0.4 is 11.1 Å². The van der Waals surface area contributed by atoms with Crippen LogP contribution in [0.25, 0.3) is 0 Å². The van der Waals surface area contributed by atoms with Crippen molar-refractivity contribution in [1.29, 1.82) is 0 Å². The van der Waals surface area contributed by atoms with Gasteiger partial charge in [0.2, 0.25) is 5.91 Å². The van der Waals surface area contributed by atoms with Gasteiger partial charge in [0.1, 0.15) is 6.04 Å². The topological polar surface area (TPSA) is 109 Å². The van der Waals surface area contributed by atoms with Gasteiger partial charge >= 0.3 is 5.97 Å². The molecule has 6 nitrogen and oxygen atoms in total. The molecular formula is C12H14N2O4S. The van der Waals surface area contributed by atoms with E-state index in [1.165, 1.54) is 0 Å². The Bertz CT molecular complexity index is 464. The van der Waals surface area contributed by atoms with Crippen molar-refractivity contribution in [3.8, 4) is 0 Å². The first kappa shape index (κ1) is 15.2. The van der Waals surface area contributed by atoms with E-state index < -0.39 is 23.8 Å². The van der Waals surface area contributed by atoms with Crippen molar-refractivity contribution in [2.75, 3.05) is 11.5 Å². The van der Waals surface area contributed by atoms with E-state index in [1.807, 2.05) is 0 Å². The maximum Gasteiger partial charge on any atom is 0.321 e. The van der Waals surface area contributed by atoms with Gasteiger partial charge < -0.3 is 10.8 Å². The molecule has 1 rings (SSSR count). The highest BCUT2D eigenvalue weighted by molar-refractivity contribution is 8.00. The first-order chi connectivity index (χ1) is 9.00. The zero-order valence-corrected chi connectivity index (χ0v) is 10.9. The van der Waals surface area contributed by atoms with Gasteiger partial charge in [0.05, 0.1) is 5.75 Å². The van der Waals surface area contributed by atoms with E-state index in [4.69, 9.17) is 10.8 Å². The third kappa shape index (κ3) is 5.54. The van der Waals surface area contributed by atoms with Gasteiger partial charge in [0, 0.05) is 11.3 Å². The lowest BCUT2D eigenvalue weighted by Gasteiger charge is -2.06. The Kier molecular flexibility index (Phi) is 6.04. The Morgan fingerprint density at radius 1 is 1.26 bits per heavy atom. The highest BCUT2D eigenvalue weighted by atomic mass is 32.2. The molecule has 0 saturated carbocycles. The van der Waals surface area contributed by atoms with Crippen LogP contribution in [-0.2, 0) is 9.59 Å². The molecule has 19 heavy (non-hydrogen) atoms. The van der Waals surface area contributed by atoms with Crippen molar-refractivity contribution in [1.82, 2.24) is 5.32 Å². The van der Waals surface area contributed by atoms with Crippen molar-refractivity contribution < 1.29 is 19.5 Å². The van der Waals surface area contributed by atoms with E-state index in [0.717, 1.165) is 11.8 Å². The summed E-state index contributed by atoms with van der Waals surface area (Å²) in [5, 5.41) is 10.8. The number of aliphatic carboxylic acids is 1. The van der Waals surface area contributed by atoms with Crippen molar-refractivity contribution in [3.63, 3.8) is 0 Å². The van der Waals surface area contributed by atoms with Crippen LogP contribution in [0.5, 0.6) is 0 Å². The van der Waals surface area contributed by atoms with E-state index in [9.17, 15) is 14.4 Å². The SMILES string of the molecule is N[C@H](CSCC(=O)NC(=O)c1ccccc1)C(=O)O. The minimum absolute atomic E-state index is 0.0143. The molecule has 0 heterocycles. The highest BCUT2D eigenvalue weighted by Crippen LogP contribution is 2.02. The molecule has 7 heteroatoms. The smallest absolute Gasteiger partial charge is 0.321 e. The first-order valence-electron chi connectivity index (χ1n) is 5.46. The van der Waals surface area contributed by atoms with Crippen LogP contribution in [0.15, 0.2) is 30.3 Å². The summed E-state index contributed by atoms with van der Waals surface area (Å²) in [6, 6.07) is 7.33. The molecule has 0 aliphatic carbocycles. The number of benzene rings is 1. The maximum atomic E-state index is 11.6. The number of rotatable bonds is 6. The van der Waals surface area contributed by atoms with E-state index in [1.54, 1.807) is 30.3 Å². The Labute approximate surface area is 114 Å². The predicted molar refractivity (Wildman–Crippen MR) is 71.9 cm³/mol. The summed E-state index contributed by atoms with van der Waals surface area (Å²) < 4.78 is 0. The van der Waals surface area contributed by atoms with Crippen LogP contribution >= 0.6 is 11.8 Å². The quantitative estimate of drug-likeness (QED) is 0.682. The van der Waals surface area contributed by atoms with Gasteiger partial charge in [-0.15, -0.1) is 11.8 Å². The zero-order valence-electron chi connectivity index (χ0n) is 10.0. The number of amides is 2. The molecule has 0 saturated heterocycles. The molecule has 0 aliphatic rings. The van der Waals surface area contributed by atoms with E-state index in [0.29, 0.717) is 5.56 Å². The number of imide groups is 1. The molecule has 1 atom stereocenters. The van der Waals surface area contributed by atoms with Crippen molar-refractivity contribution in [3.05, 3.63) is 35.9 Å². The van der Waals surface area contributed by atoms with Gasteiger partial charge in [-0.3, -0.25) is 19.7 Å². The molecule has 0 fully saturated rings. The van der Waals surface area contributed by atoms with Crippen molar-refractivity contribution >= 4 is 29.5 Å². The number of hydrogen-bond acceptors (Lipinski definition) is 5. The first-order valence-corrected chi connectivity index (χ1v) is 6.61. The summed E-state index contributed by atoms with van der Waals surface area (Å²) in [7, 11) is 0. The standard InChI is InChI=1S/C12H14N2O4S/c13-9(12(17)18)6-19-7-10(15)14-11(16)8-4-2-1-3-5-8/h1-5,9H,6-7,13H2,(H,17,18)(H,14,15,16)/t9-/m1/s1. The molecule has 102 valence electrons. The fourth-order valence-corrected chi connectivity index (χ4v) is 1.95. The highest BCUT2D eigenvalue weighted by Gasteiger charge is 2.13. The Morgan fingerprint density at radius 3 is 2.47 bits per heavy atom. The number of hydrogen-bond donors (Lipinski definition) is 3. The van der Waals surface area contributed by atoms with E-state index >= 15 is 0 Å². The Balaban J connectivity index is 2.32. The fraction of sp³-hybridized carbons (Fsp3) is 0.250. The molecule has 0 spiro atoms. The lowest BCUT2D eigenvalue weighted by Crippen LogP contribution is -2.35. The summed E-state index contributed by atoms with van der Waals surface area (Å²) in [6.07, 6.45) is 0. The van der Waals surface area contributed by atoms with Crippen LogP contribution in [0.3, 0.4) is 0 Å². The summed E-state index contributed by atoms with van der Waals surface area (Å²) in [6.45, 7) is 0. The van der Waals surface area contributed by atoms with Crippen LogP contribution in [0, 0.1) is 0 Å². The second-order valence-corrected chi connectivity index (χ2v) is 4.73. The van der Waals surface area contributed by atoms with E-state index in [2.05, 4.69) is 5.32 Å². The lowest BCUT2D eigenvalue weighted by atomic mass is 10.2. The van der Waals surface area contributed by atoms with Gasteiger partial charge in [-0.2, -0.15) is 0 Å². The number of carbonyl (C=O) groups is 3. The van der Waals surface area contributed by atoms with Gasteiger partial charge in [0.15, 0.2) is 0 Å². The van der Waals surface area contributed by atoms with Crippen LogP contribution in [-0.4, -0.2) is 40.4 Å². The van der Waals surface area contributed by atoms with Crippen LogP contribution in [0.2, 0.25) is 0 Å². The van der Waals surface area contributed by atoms with Gasteiger partial charge in [0.25, 0.3) is 5.91 Å². The number of carboxylic acid groups (broad SMARTS) is 1. The Hall–Kier alpha value is -1.86. The molecule has 0 aliphatic heterocycles. The molecule has 0 radical (unpaired) electrons. The van der Waals surface area contributed by atoms with E-state index in [-0.39, 0.29) is 11.5 Å². The fourth-order valence-electron chi connectivity index (χ4n) is 1.17. The Morgan fingerprint density at radius 2 is 1.89 bits per heavy atom. The molecule has 1 aromatic rings. The predicted octanol–water partition coefficient (Wildman–Crippen LogP) is 0.0881. The molecular weight excluding hydrogens is 268 g/mol. The molecule has 2 amide bonds. The summed E-state index contributed by atoms with van der Waals surface area (Å²) in [4.78, 5) is 33.5. The van der Waals surface area contributed by atoms with Crippen molar-refractivity contribution in [2.45, 2.75) is 6.04 Å². The zero-order chi connectivity index (χ0) is 14.3. The molecule has 0 aromatic heterocycles. The number of thioether (sulfide) groups is 1. The third-order valence-corrected chi connectivity index (χ3v) is 3.20. The normalized spacial score (nSPS) is 11.6. The molecule has 4 N–H and O–H groups in total. The number of nitrogens with two attached hydrogens (primary N) is 1. The largest absolute Gasteiger partial charge is 0.480 e. The molecule has 0 bridgehead atoms.